The molecule has 0 aromatic heterocycles. The molecule has 0 amide bonds. The summed E-state index contributed by atoms with van der Waals surface area (Å²) in [5.41, 5.74) is 0. The van der Waals surface area contributed by atoms with E-state index in [0.29, 0.717) is 18.4 Å². The van der Waals surface area contributed by atoms with E-state index < -0.39 is 0 Å². The van der Waals surface area contributed by atoms with Gasteiger partial charge in [-0.2, -0.15) is 0 Å². The second kappa shape index (κ2) is 6.46. The van der Waals surface area contributed by atoms with E-state index >= 15 is 0 Å². The fourth-order valence-electron chi connectivity index (χ4n) is 2.20. The molecule has 0 spiro atoms. The summed E-state index contributed by atoms with van der Waals surface area (Å²) in [5, 5.41) is 10.3. The minimum atomic E-state index is -0.339. The SMILES string of the molecule is CCOC(C(C)C)C(O)C1CCOCC1. The van der Waals surface area contributed by atoms with Gasteiger partial charge in [0.25, 0.3) is 0 Å². The number of aliphatic hydroxyl groups excluding tert-OH is 1. The number of hydrogen-bond acceptors (Lipinski definition) is 3. The molecule has 3 nitrogen and oxygen atoms in total. The van der Waals surface area contributed by atoms with Gasteiger partial charge in [-0.1, -0.05) is 13.8 Å². The van der Waals surface area contributed by atoms with Gasteiger partial charge in [0.15, 0.2) is 0 Å². The minimum Gasteiger partial charge on any atom is -0.390 e. The molecule has 0 aromatic carbocycles. The second-order valence-corrected chi connectivity index (χ2v) is 4.60. The summed E-state index contributed by atoms with van der Waals surface area (Å²) in [6.45, 7) is 8.40. The molecule has 0 saturated carbocycles. The largest absolute Gasteiger partial charge is 0.390 e. The molecule has 1 rings (SSSR count). The first-order valence-corrected chi connectivity index (χ1v) is 6.04. The molecule has 2 atom stereocenters. The first kappa shape index (κ1) is 12.9. The van der Waals surface area contributed by atoms with Crippen LogP contribution in [0.4, 0.5) is 0 Å². The van der Waals surface area contributed by atoms with E-state index in [0.717, 1.165) is 26.1 Å². The monoisotopic (exact) mass is 216 g/mol. The highest BCUT2D eigenvalue weighted by Crippen LogP contribution is 2.25. The van der Waals surface area contributed by atoms with Crippen LogP contribution in [0.5, 0.6) is 0 Å². The van der Waals surface area contributed by atoms with Gasteiger partial charge < -0.3 is 14.6 Å². The van der Waals surface area contributed by atoms with Gasteiger partial charge in [-0.15, -0.1) is 0 Å². The average molecular weight is 216 g/mol. The van der Waals surface area contributed by atoms with Crippen molar-refractivity contribution in [1.29, 1.82) is 0 Å². The van der Waals surface area contributed by atoms with Crippen molar-refractivity contribution in [2.75, 3.05) is 19.8 Å². The molecule has 1 fully saturated rings. The van der Waals surface area contributed by atoms with Crippen LogP contribution in [-0.2, 0) is 9.47 Å². The Hall–Kier alpha value is -0.120. The molecule has 0 bridgehead atoms. The summed E-state index contributed by atoms with van der Waals surface area (Å²) in [6, 6.07) is 0. The number of hydrogen-bond donors (Lipinski definition) is 1. The van der Waals surface area contributed by atoms with Gasteiger partial charge >= 0.3 is 0 Å². The third kappa shape index (κ3) is 3.74. The van der Waals surface area contributed by atoms with Gasteiger partial charge in [-0.25, -0.2) is 0 Å². The maximum atomic E-state index is 10.3. The average Bonchev–Trinajstić information content (AvgIpc) is 2.26. The van der Waals surface area contributed by atoms with E-state index in [1.807, 2.05) is 6.92 Å². The Labute approximate surface area is 92.8 Å². The zero-order valence-corrected chi connectivity index (χ0v) is 10.1. The van der Waals surface area contributed by atoms with Crippen molar-refractivity contribution >= 4 is 0 Å². The molecule has 15 heavy (non-hydrogen) atoms. The molecule has 1 saturated heterocycles. The van der Waals surface area contributed by atoms with Crippen LogP contribution >= 0.6 is 0 Å². The van der Waals surface area contributed by atoms with Crippen LogP contribution in [-0.4, -0.2) is 37.1 Å². The zero-order valence-electron chi connectivity index (χ0n) is 10.1. The van der Waals surface area contributed by atoms with Gasteiger partial charge in [0, 0.05) is 19.8 Å². The normalized spacial score (nSPS) is 23.0. The number of ether oxygens (including phenoxy) is 2. The summed E-state index contributed by atoms with van der Waals surface area (Å²) >= 11 is 0. The Balaban J connectivity index is 2.49. The van der Waals surface area contributed by atoms with Crippen LogP contribution in [0.3, 0.4) is 0 Å². The molecule has 0 aliphatic carbocycles. The Morgan fingerprint density at radius 2 is 1.93 bits per heavy atom. The molecule has 1 heterocycles. The Morgan fingerprint density at radius 3 is 2.40 bits per heavy atom. The zero-order chi connectivity index (χ0) is 11.3. The molecule has 1 aliphatic rings. The molecule has 1 aliphatic heterocycles. The second-order valence-electron chi connectivity index (χ2n) is 4.60. The van der Waals surface area contributed by atoms with Crippen molar-refractivity contribution in [3.63, 3.8) is 0 Å². The van der Waals surface area contributed by atoms with E-state index in [9.17, 15) is 5.11 Å². The molecule has 2 unspecified atom stereocenters. The third-order valence-corrected chi connectivity index (χ3v) is 3.10. The van der Waals surface area contributed by atoms with Crippen molar-refractivity contribution in [1.82, 2.24) is 0 Å². The van der Waals surface area contributed by atoms with Gasteiger partial charge in [-0.05, 0) is 31.6 Å². The summed E-state index contributed by atoms with van der Waals surface area (Å²) in [4.78, 5) is 0. The lowest BCUT2D eigenvalue weighted by molar-refractivity contribution is -0.0977. The Kier molecular flexibility index (Phi) is 5.58. The molecule has 3 heteroatoms. The van der Waals surface area contributed by atoms with Crippen molar-refractivity contribution in [3.05, 3.63) is 0 Å². The van der Waals surface area contributed by atoms with Crippen LogP contribution in [0.25, 0.3) is 0 Å². The topological polar surface area (TPSA) is 38.7 Å². The summed E-state index contributed by atoms with van der Waals surface area (Å²) in [7, 11) is 0. The van der Waals surface area contributed by atoms with E-state index in [2.05, 4.69) is 13.8 Å². The highest BCUT2D eigenvalue weighted by atomic mass is 16.5. The van der Waals surface area contributed by atoms with E-state index in [4.69, 9.17) is 9.47 Å². The minimum absolute atomic E-state index is 0.0295. The van der Waals surface area contributed by atoms with Crippen LogP contribution < -0.4 is 0 Å². The lowest BCUT2D eigenvalue weighted by atomic mass is 9.86. The molecular formula is C12H24O3. The van der Waals surface area contributed by atoms with Crippen molar-refractivity contribution in [3.8, 4) is 0 Å². The van der Waals surface area contributed by atoms with Crippen molar-refractivity contribution in [2.24, 2.45) is 11.8 Å². The van der Waals surface area contributed by atoms with Crippen LogP contribution in [0.2, 0.25) is 0 Å². The maximum Gasteiger partial charge on any atom is 0.0859 e. The Bertz CT molecular complexity index is 164. The van der Waals surface area contributed by atoms with Crippen molar-refractivity contribution < 1.29 is 14.6 Å². The van der Waals surface area contributed by atoms with Crippen LogP contribution in [0.15, 0.2) is 0 Å². The van der Waals surface area contributed by atoms with E-state index in [1.165, 1.54) is 0 Å². The fraction of sp³-hybridized carbons (Fsp3) is 1.00. The third-order valence-electron chi connectivity index (χ3n) is 3.10. The highest BCUT2D eigenvalue weighted by Gasteiger charge is 2.31. The highest BCUT2D eigenvalue weighted by molar-refractivity contribution is 4.80. The lowest BCUT2D eigenvalue weighted by Gasteiger charge is -2.34. The Morgan fingerprint density at radius 1 is 1.33 bits per heavy atom. The quantitative estimate of drug-likeness (QED) is 0.762. The maximum absolute atomic E-state index is 10.3. The van der Waals surface area contributed by atoms with E-state index in [-0.39, 0.29) is 12.2 Å². The van der Waals surface area contributed by atoms with Crippen LogP contribution in [0, 0.1) is 11.8 Å². The van der Waals surface area contributed by atoms with Gasteiger partial charge in [0.05, 0.1) is 12.2 Å². The lowest BCUT2D eigenvalue weighted by Crippen LogP contribution is -2.41. The summed E-state index contributed by atoms with van der Waals surface area (Å²) < 4.78 is 10.9. The van der Waals surface area contributed by atoms with Gasteiger partial charge in [0.2, 0.25) is 0 Å². The molecule has 1 N–H and O–H groups in total. The first-order chi connectivity index (χ1) is 7.16. The van der Waals surface area contributed by atoms with Crippen molar-refractivity contribution in [2.45, 2.75) is 45.8 Å². The van der Waals surface area contributed by atoms with Gasteiger partial charge in [-0.3, -0.25) is 0 Å². The summed E-state index contributed by atoms with van der Waals surface area (Å²) in [6.07, 6.45) is 1.54. The predicted molar refractivity (Wildman–Crippen MR) is 59.8 cm³/mol. The van der Waals surface area contributed by atoms with Gasteiger partial charge in [0.1, 0.15) is 0 Å². The predicted octanol–water partition coefficient (Wildman–Crippen LogP) is 1.83. The standard InChI is InChI=1S/C12H24O3/c1-4-15-12(9(2)3)11(13)10-5-7-14-8-6-10/h9-13H,4-8H2,1-3H3. The first-order valence-electron chi connectivity index (χ1n) is 6.04. The molecule has 0 radical (unpaired) electrons. The smallest absolute Gasteiger partial charge is 0.0859 e. The van der Waals surface area contributed by atoms with E-state index in [1.54, 1.807) is 0 Å². The molecule has 90 valence electrons. The molecule has 0 aromatic rings. The number of rotatable bonds is 5. The fourth-order valence-corrected chi connectivity index (χ4v) is 2.20. The molecular weight excluding hydrogens is 192 g/mol. The van der Waals surface area contributed by atoms with Crippen LogP contribution in [0.1, 0.15) is 33.6 Å². The number of aliphatic hydroxyl groups is 1. The summed E-state index contributed by atoms with van der Waals surface area (Å²) in [5.74, 6) is 0.709.